The first kappa shape index (κ1) is 28.3. The van der Waals surface area contributed by atoms with Gasteiger partial charge in [0.25, 0.3) is 5.91 Å². The molecule has 3 amide bonds. The van der Waals surface area contributed by atoms with Crippen molar-refractivity contribution in [3.63, 3.8) is 0 Å². The summed E-state index contributed by atoms with van der Waals surface area (Å²) in [6.45, 7) is 6.86. The number of Topliss-reactive ketones (excluding diaryl/α,β-unsaturated/α-hetero) is 1. The van der Waals surface area contributed by atoms with E-state index in [0.717, 1.165) is 10.9 Å². The lowest BCUT2D eigenvalue weighted by Crippen LogP contribution is -2.53. The lowest BCUT2D eigenvalue weighted by Gasteiger charge is -2.39. The van der Waals surface area contributed by atoms with E-state index >= 15 is 0 Å². The van der Waals surface area contributed by atoms with Crippen molar-refractivity contribution in [3.8, 4) is 11.3 Å². The topological polar surface area (TPSA) is 142 Å². The van der Waals surface area contributed by atoms with Gasteiger partial charge in [0.05, 0.1) is 35.0 Å². The Morgan fingerprint density at radius 2 is 1.70 bits per heavy atom. The molecule has 0 radical (unpaired) electrons. The molecule has 3 aromatic heterocycles. The van der Waals surface area contributed by atoms with Gasteiger partial charge < -0.3 is 20.5 Å². The fourth-order valence-corrected chi connectivity index (χ4v) is 6.20. The van der Waals surface area contributed by atoms with Gasteiger partial charge in [-0.25, -0.2) is 0 Å². The van der Waals surface area contributed by atoms with Gasteiger partial charge in [0, 0.05) is 48.4 Å². The number of ketones is 1. The Kier molecular flexibility index (Phi) is 7.07. The van der Waals surface area contributed by atoms with Crippen LogP contribution < -0.4 is 5.73 Å². The van der Waals surface area contributed by atoms with Crippen LogP contribution in [0.4, 0.5) is 0 Å². The van der Waals surface area contributed by atoms with Crippen LogP contribution in [0.2, 0.25) is 0 Å². The van der Waals surface area contributed by atoms with Crippen molar-refractivity contribution < 1.29 is 19.2 Å². The molecular weight excluding hydrogens is 544 g/mol. The van der Waals surface area contributed by atoms with Gasteiger partial charge in [0.15, 0.2) is 5.78 Å². The minimum Gasteiger partial charge on any atom is -0.366 e. The average molecular weight is 579 g/mol. The largest absolute Gasteiger partial charge is 0.366 e. The van der Waals surface area contributed by atoms with E-state index in [-0.39, 0.29) is 36.1 Å². The molecular formula is C33H34N6O4. The predicted octanol–water partition coefficient (Wildman–Crippen LogP) is 4.08. The van der Waals surface area contributed by atoms with E-state index in [2.05, 4.69) is 15.0 Å². The summed E-state index contributed by atoms with van der Waals surface area (Å²) in [5.41, 5.74) is 8.23. The van der Waals surface area contributed by atoms with Gasteiger partial charge in [-0.3, -0.25) is 29.1 Å². The molecule has 2 fully saturated rings. The quantitative estimate of drug-likeness (QED) is 0.317. The molecule has 6 rings (SSSR count). The molecule has 2 aliphatic heterocycles. The number of rotatable bonds is 7. The van der Waals surface area contributed by atoms with Crippen LogP contribution in [0.3, 0.4) is 0 Å². The van der Waals surface area contributed by atoms with E-state index in [4.69, 9.17) is 5.73 Å². The number of carbonyl (C=O) groups excluding carboxylic acids is 4. The van der Waals surface area contributed by atoms with Crippen LogP contribution in [0.1, 0.15) is 64.9 Å². The maximum atomic E-state index is 13.9. The summed E-state index contributed by atoms with van der Waals surface area (Å²) in [5.74, 6) is -1.33. The van der Waals surface area contributed by atoms with Crippen molar-refractivity contribution in [2.75, 3.05) is 13.1 Å². The number of amides is 3. The zero-order valence-electron chi connectivity index (χ0n) is 24.4. The Balaban J connectivity index is 1.11. The molecule has 0 aliphatic carbocycles. The van der Waals surface area contributed by atoms with Crippen LogP contribution >= 0.6 is 0 Å². The predicted molar refractivity (Wildman–Crippen MR) is 161 cm³/mol. The summed E-state index contributed by atoms with van der Waals surface area (Å²) in [6, 6.07) is 16.1. The standard InChI is InChI=1S/C33H34N6O4/c1-33(2,3)24(14-29(40)28-12-19-6-4-5-7-26(19)37-28)31(42)38-17-23-13-22(38)18-39(23)32(43)27-11-8-20(15-36-27)25-10-9-21(16-35-25)30(34)41/h4-12,15-16,22-24,37H,13-14,17-18H2,1-3H3,(H2,34,41)/t22-,23-,24+/m0/s1. The summed E-state index contributed by atoms with van der Waals surface area (Å²) in [6.07, 6.45) is 3.81. The van der Waals surface area contributed by atoms with Crippen molar-refractivity contribution in [1.29, 1.82) is 0 Å². The number of nitrogens with two attached hydrogens (primary N) is 1. The van der Waals surface area contributed by atoms with Crippen molar-refractivity contribution in [2.24, 2.45) is 17.1 Å². The number of para-hydroxylation sites is 1. The van der Waals surface area contributed by atoms with E-state index in [1.165, 1.54) is 6.20 Å². The second kappa shape index (κ2) is 10.8. The van der Waals surface area contributed by atoms with Gasteiger partial charge in [0.1, 0.15) is 5.69 Å². The first-order valence-corrected chi connectivity index (χ1v) is 14.4. The number of likely N-dealkylation sites (tertiary alicyclic amines) is 2. The SMILES string of the molecule is CC(C)(C)[C@H](CC(=O)c1cc2ccccc2[nH]1)C(=O)N1C[C@@H]2C[C@H]1CN2C(=O)c1ccc(-c2ccc(C(N)=O)cn2)cn1. The summed E-state index contributed by atoms with van der Waals surface area (Å²) in [4.78, 5) is 67.5. The zero-order valence-corrected chi connectivity index (χ0v) is 24.4. The minimum atomic E-state index is -0.550. The maximum Gasteiger partial charge on any atom is 0.272 e. The number of hydrogen-bond acceptors (Lipinski definition) is 6. The maximum absolute atomic E-state index is 13.9. The van der Waals surface area contributed by atoms with Gasteiger partial charge in [-0.05, 0) is 48.2 Å². The Hall–Kier alpha value is -4.86. The van der Waals surface area contributed by atoms with E-state index in [1.807, 2.05) is 56.0 Å². The number of benzene rings is 1. The Labute approximate surface area is 249 Å². The van der Waals surface area contributed by atoms with Crippen LogP contribution in [0.5, 0.6) is 0 Å². The highest BCUT2D eigenvalue weighted by atomic mass is 16.2. The monoisotopic (exact) mass is 578 g/mol. The van der Waals surface area contributed by atoms with Gasteiger partial charge in [-0.1, -0.05) is 39.0 Å². The van der Waals surface area contributed by atoms with Crippen LogP contribution in [0.15, 0.2) is 67.0 Å². The molecule has 220 valence electrons. The molecule has 2 aliphatic rings. The highest BCUT2D eigenvalue weighted by Gasteiger charge is 2.50. The Bertz CT molecular complexity index is 1690. The molecule has 5 heterocycles. The lowest BCUT2D eigenvalue weighted by atomic mass is 9.76. The van der Waals surface area contributed by atoms with Gasteiger partial charge in [-0.15, -0.1) is 0 Å². The number of aromatic nitrogens is 3. The summed E-state index contributed by atoms with van der Waals surface area (Å²) in [5, 5.41) is 0.964. The third kappa shape index (κ3) is 5.40. The normalized spacial score (nSPS) is 18.7. The average Bonchev–Trinajstić information content (AvgIpc) is 3.73. The van der Waals surface area contributed by atoms with Crippen LogP contribution in [0.25, 0.3) is 22.2 Å². The molecule has 2 bridgehead atoms. The van der Waals surface area contributed by atoms with Crippen LogP contribution in [-0.4, -0.2) is 73.4 Å². The van der Waals surface area contributed by atoms with Gasteiger partial charge in [0.2, 0.25) is 11.8 Å². The fourth-order valence-electron chi connectivity index (χ4n) is 6.20. The minimum absolute atomic E-state index is 0.0334. The zero-order chi connectivity index (χ0) is 30.5. The van der Waals surface area contributed by atoms with Crippen LogP contribution in [-0.2, 0) is 4.79 Å². The molecule has 0 saturated carbocycles. The van der Waals surface area contributed by atoms with Gasteiger partial charge >= 0.3 is 0 Å². The van der Waals surface area contributed by atoms with Gasteiger partial charge in [-0.2, -0.15) is 0 Å². The third-order valence-corrected chi connectivity index (χ3v) is 8.67. The molecule has 4 aromatic rings. The lowest BCUT2D eigenvalue weighted by molar-refractivity contribution is -0.141. The molecule has 1 aromatic carbocycles. The van der Waals surface area contributed by atoms with Crippen molar-refractivity contribution in [3.05, 3.63) is 83.9 Å². The number of fused-ring (bicyclic) bond motifs is 3. The molecule has 0 spiro atoms. The van der Waals surface area contributed by atoms with E-state index in [9.17, 15) is 19.2 Å². The Morgan fingerprint density at radius 1 is 0.953 bits per heavy atom. The van der Waals surface area contributed by atoms with Crippen molar-refractivity contribution in [1.82, 2.24) is 24.8 Å². The number of carbonyl (C=O) groups is 4. The first-order valence-electron chi connectivity index (χ1n) is 14.4. The van der Waals surface area contributed by atoms with Crippen LogP contribution in [0, 0.1) is 11.3 Å². The summed E-state index contributed by atoms with van der Waals surface area (Å²) < 4.78 is 0. The number of hydrogen-bond donors (Lipinski definition) is 2. The number of aromatic amines is 1. The molecule has 3 atom stereocenters. The van der Waals surface area contributed by atoms with E-state index in [1.54, 1.807) is 35.4 Å². The van der Waals surface area contributed by atoms with E-state index < -0.39 is 17.2 Å². The Morgan fingerprint density at radius 3 is 2.30 bits per heavy atom. The third-order valence-electron chi connectivity index (χ3n) is 8.67. The molecule has 43 heavy (non-hydrogen) atoms. The van der Waals surface area contributed by atoms with Crippen molar-refractivity contribution in [2.45, 2.75) is 45.7 Å². The molecule has 10 heteroatoms. The molecule has 0 unspecified atom stereocenters. The number of H-pyrrole nitrogens is 1. The van der Waals surface area contributed by atoms with Crippen molar-refractivity contribution >= 4 is 34.4 Å². The second-order valence-corrected chi connectivity index (χ2v) is 12.5. The smallest absolute Gasteiger partial charge is 0.272 e. The number of nitrogens with one attached hydrogen (secondary N) is 1. The fraction of sp³-hybridized carbons (Fsp3) is 0.333. The summed E-state index contributed by atoms with van der Waals surface area (Å²) >= 11 is 0. The highest BCUT2D eigenvalue weighted by molar-refractivity contribution is 6.01. The molecule has 2 saturated heterocycles. The number of piperazine rings is 1. The first-order chi connectivity index (χ1) is 20.5. The second-order valence-electron chi connectivity index (χ2n) is 12.5. The summed E-state index contributed by atoms with van der Waals surface area (Å²) in [7, 11) is 0. The number of primary amides is 1. The molecule has 3 N–H and O–H groups in total. The number of nitrogens with zero attached hydrogens (tertiary/aromatic N) is 4. The molecule has 10 nitrogen and oxygen atoms in total. The number of pyridine rings is 2. The van der Waals surface area contributed by atoms with E-state index in [0.29, 0.717) is 47.7 Å². The highest BCUT2D eigenvalue weighted by Crippen LogP contribution is 2.38.